The summed E-state index contributed by atoms with van der Waals surface area (Å²) >= 11 is 0. The van der Waals surface area contributed by atoms with E-state index in [4.69, 9.17) is 4.74 Å². The van der Waals surface area contributed by atoms with Gasteiger partial charge in [0.2, 0.25) is 0 Å². The smallest absolute Gasteiger partial charge is 0.119 e. The lowest BCUT2D eigenvalue weighted by molar-refractivity contribution is 0.224. The number of fused-ring (bicyclic) bond motifs is 1. The number of hydrogen-bond acceptors (Lipinski definition) is 4. The summed E-state index contributed by atoms with van der Waals surface area (Å²) in [6.07, 6.45) is 10.3. The lowest BCUT2D eigenvalue weighted by Gasteiger charge is -2.34. The Bertz CT molecular complexity index is 664. The van der Waals surface area contributed by atoms with Gasteiger partial charge in [-0.2, -0.15) is 0 Å². The molecule has 1 aromatic rings. The lowest BCUT2D eigenvalue weighted by atomic mass is 9.83. The normalized spacial score (nSPS) is 23.8. The van der Waals surface area contributed by atoms with Gasteiger partial charge >= 0.3 is 0 Å². The quantitative estimate of drug-likeness (QED) is 0.547. The largest absolute Gasteiger partial charge is 0.494 e. The van der Waals surface area contributed by atoms with Crippen molar-refractivity contribution in [3.8, 4) is 5.75 Å². The van der Waals surface area contributed by atoms with Crippen molar-refractivity contribution < 1.29 is 4.74 Å². The minimum Gasteiger partial charge on any atom is -0.494 e. The molecule has 2 fully saturated rings. The first-order valence-electron chi connectivity index (χ1n) is 13.1. The molecule has 0 aromatic heterocycles. The Kier molecular flexibility index (Phi) is 8.69. The number of hydrogen-bond donors (Lipinski definition) is 2. The average molecular weight is 428 g/mol. The molecule has 2 aliphatic heterocycles. The molecule has 4 rings (SSSR count). The average Bonchev–Trinajstić information content (AvgIpc) is 3.29. The first kappa shape index (κ1) is 23.1. The van der Waals surface area contributed by atoms with Crippen LogP contribution in [0.25, 0.3) is 0 Å². The van der Waals surface area contributed by atoms with Crippen LogP contribution in [0.3, 0.4) is 0 Å². The van der Waals surface area contributed by atoms with E-state index in [0.29, 0.717) is 12.0 Å². The third-order valence-corrected chi connectivity index (χ3v) is 7.80. The minimum atomic E-state index is 0.638. The Morgan fingerprint density at radius 2 is 1.90 bits per heavy atom. The third kappa shape index (κ3) is 6.69. The van der Waals surface area contributed by atoms with E-state index in [-0.39, 0.29) is 0 Å². The zero-order valence-electron chi connectivity index (χ0n) is 20.0. The molecule has 0 radical (unpaired) electrons. The molecule has 2 heterocycles. The number of likely N-dealkylation sites (tertiary alicyclic amines) is 1. The summed E-state index contributed by atoms with van der Waals surface area (Å²) < 4.78 is 6.14. The molecule has 0 amide bonds. The number of aryl methyl sites for hydroxylation is 1. The van der Waals surface area contributed by atoms with Gasteiger partial charge in [0, 0.05) is 12.6 Å². The number of nitrogens with zero attached hydrogens (tertiary/aromatic N) is 1. The second-order valence-corrected chi connectivity index (χ2v) is 10.6. The summed E-state index contributed by atoms with van der Waals surface area (Å²) in [4.78, 5) is 2.68. The molecule has 1 aliphatic carbocycles. The van der Waals surface area contributed by atoms with Gasteiger partial charge in [-0.25, -0.2) is 0 Å². The van der Waals surface area contributed by atoms with Gasteiger partial charge in [-0.1, -0.05) is 19.9 Å². The van der Waals surface area contributed by atoms with Gasteiger partial charge in [-0.15, -0.1) is 0 Å². The maximum Gasteiger partial charge on any atom is 0.119 e. The highest BCUT2D eigenvalue weighted by molar-refractivity contribution is 5.37. The topological polar surface area (TPSA) is 36.5 Å². The first-order valence-corrected chi connectivity index (χ1v) is 13.1. The number of piperidine rings is 1. The molecule has 2 N–H and O–H groups in total. The summed E-state index contributed by atoms with van der Waals surface area (Å²) in [6, 6.07) is 7.50. The van der Waals surface area contributed by atoms with Crippen molar-refractivity contribution in [3.63, 3.8) is 0 Å². The first-order chi connectivity index (χ1) is 15.2. The zero-order chi connectivity index (χ0) is 21.5. The predicted octanol–water partition coefficient (Wildman–Crippen LogP) is 4.27. The second kappa shape index (κ2) is 11.7. The highest BCUT2D eigenvalue weighted by Crippen LogP contribution is 2.30. The number of rotatable bonds is 10. The molecule has 0 spiro atoms. The monoisotopic (exact) mass is 427 g/mol. The van der Waals surface area contributed by atoms with E-state index in [9.17, 15) is 0 Å². The van der Waals surface area contributed by atoms with Gasteiger partial charge < -0.3 is 20.3 Å². The molecular weight excluding hydrogens is 382 g/mol. The second-order valence-electron chi connectivity index (χ2n) is 10.6. The standard InChI is InChI=1S/C27H45N3O/c1-21(2)27(23-10-13-28-14-11-23)29-12-5-17-31-26-9-8-24-18-22(6-7-25(24)19-26)20-30-15-3-4-16-30/h8-9,19,21-23,27-29H,3-7,10-18,20H2,1-2H3. The molecule has 4 nitrogen and oxygen atoms in total. The van der Waals surface area contributed by atoms with E-state index in [0.717, 1.165) is 37.2 Å². The molecular formula is C27H45N3O. The highest BCUT2D eigenvalue weighted by atomic mass is 16.5. The summed E-state index contributed by atoms with van der Waals surface area (Å²) in [6.45, 7) is 12.9. The molecule has 31 heavy (non-hydrogen) atoms. The molecule has 2 unspecified atom stereocenters. The SMILES string of the molecule is CC(C)C(NCCCOc1ccc2c(c1)CCC(CN1CCCC1)C2)C1CCNCC1. The van der Waals surface area contributed by atoms with Crippen molar-refractivity contribution in [2.45, 2.75) is 71.3 Å². The minimum absolute atomic E-state index is 0.638. The Morgan fingerprint density at radius 3 is 2.68 bits per heavy atom. The van der Waals surface area contributed by atoms with Gasteiger partial charge in [-0.3, -0.25) is 0 Å². The summed E-state index contributed by atoms with van der Waals surface area (Å²) in [7, 11) is 0. The fourth-order valence-electron chi connectivity index (χ4n) is 6.06. The van der Waals surface area contributed by atoms with Crippen molar-refractivity contribution in [3.05, 3.63) is 29.3 Å². The molecule has 4 heteroatoms. The van der Waals surface area contributed by atoms with E-state index in [2.05, 4.69) is 47.6 Å². The van der Waals surface area contributed by atoms with E-state index < -0.39 is 0 Å². The maximum atomic E-state index is 6.14. The van der Waals surface area contributed by atoms with Gasteiger partial charge in [0.15, 0.2) is 0 Å². The zero-order valence-corrected chi connectivity index (χ0v) is 20.0. The van der Waals surface area contributed by atoms with Crippen LogP contribution in [0.5, 0.6) is 5.75 Å². The number of ether oxygens (including phenoxy) is 1. The van der Waals surface area contributed by atoms with Gasteiger partial charge in [0.1, 0.15) is 5.75 Å². The van der Waals surface area contributed by atoms with Crippen LogP contribution in [0.15, 0.2) is 18.2 Å². The van der Waals surface area contributed by atoms with Gasteiger partial charge in [0.25, 0.3) is 0 Å². The van der Waals surface area contributed by atoms with Crippen molar-refractivity contribution in [2.24, 2.45) is 17.8 Å². The predicted molar refractivity (Wildman–Crippen MR) is 130 cm³/mol. The summed E-state index contributed by atoms with van der Waals surface area (Å²) in [5, 5.41) is 7.34. The van der Waals surface area contributed by atoms with Crippen LogP contribution in [0.1, 0.15) is 63.5 Å². The van der Waals surface area contributed by atoms with E-state index in [1.165, 1.54) is 83.2 Å². The van der Waals surface area contributed by atoms with Crippen LogP contribution in [0, 0.1) is 17.8 Å². The molecule has 2 atom stereocenters. The summed E-state index contributed by atoms with van der Waals surface area (Å²) in [5.74, 6) is 3.42. The van der Waals surface area contributed by atoms with E-state index in [1.54, 1.807) is 5.56 Å². The van der Waals surface area contributed by atoms with Gasteiger partial charge in [-0.05, 0) is 125 Å². The van der Waals surface area contributed by atoms with Crippen LogP contribution in [-0.2, 0) is 12.8 Å². The van der Waals surface area contributed by atoms with E-state index >= 15 is 0 Å². The highest BCUT2D eigenvalue weighted by Gasteiger charge is 2.25. The fourth-order valence-corrected chi connectivity index (χ4v) is 6.06. The third-order valence-electron chi connectivity index (χ3n) is 7.80. The van der Waals surface area contributed by atoms with Crippen LogP contribution < -0.4 is 15.4 Å². The van der Waals surface area contributed by atoms with Crippen LogP contribution in [-0.4, -0.2) is 56.8 Å². The lowest BCUT2D eigenvalue weighted by Crippen LogP contribution is -2.45. The van der Waals surface area contributed by atoms with Crippen molar-refractivity contribution >= 4 is 0 Å². The van der Waals surface area contributed by atoms with Crippen molar-refractivity contribution in [1.29, 1.82) is 0 Å². The maximum absolute atomic E-state index is 6.14. The van der Waals surface area contributed by atoms with E-state index in [1.807, 2.05) is 0 Å². The molecule has 0 bridgehead atoms. The van der Waals surface area contributed by atoms with Crippen LogP contribution >= 0.6 is 0 Å². The Morgan fingerprint density at radius 1 is 1.10 bits per heavy atom. The fraction of sp³-hybridized carbons (Fsp3) is 0.778. The molecule has 2 saturated heterocycles. The van der Waals surface area contributed by atoms with Crippen LogP contribution in [0.4, 0.5) is 0 Å². The Hall–Kier alpha value is -1.10. The number of benzene rings is 1. The number of nitrogens with one attached hydrogen (secondary N) is 2. The Balaban J connectivity index is 1.17. The molecule has 174 valence electrons. The molecule has 0 saturated carbocycles. The Labute approximate surface area is 190 Å². The summed E-state index contributed by atoms with van der Waals surface area (Å²) in [5.41, 5.74) is 3.09. The van der Waals surface area contributed by atoms with Gasteiger partial charge in [0.05, 0.1) is 6.61 Å². The van der Waals surface area contributed by atoms with Crippen molar-refractivity contribution in [2.75, 3.05) is 45.9 Å². The van der Waals surface area contributed by atoms with Crippen molar-refractivity contribution in [1.82, 2.24) is 15.5 Å². The molecule has 3 aliphatic rings. The van der Waals surface area contributed by atoms with Crippen LogP contribution in [0.2, 0.25) is 0 Å². The molecule has 1 aromatic carbocycles.